The lowest BCUT2D eigenvalue weighted by molar-refractivity contribution is 0.941. The number of aromatic nitrogens is 3. The van der Waals surface area contributed by atoms with E-state index in [0.717, 1.165) is 34.6 Å². The van der Waals surface area contributed by atoms with Crippen LogP contribution in [0, 0.1) is 0 Å². The Balaban J connectivity index is 2.03. The van der Waals surface area contributed by atoms with Crippen LogP contribution in [0.4, 0.5) is 5.82 Å². The highest BCUT2D eigenvalue weighted by atomic mass is 32.1. The maximum Gasteiger partial charge on any atom is 0.150 e. The predicted octanol–water partition coefficient (Wildman–Crippen LogP) is 2.84. The lowest BCUT2D eigenvalue weighted by Crippen LogP contribution is -2.18. The lowest BCUT2D eigenvalue weighted by Gasteiger charge is -2.16. The molecule has 1 saturated heterocycles. The van der Waals surface area contributed by atoms with Gasteiger partial charge in [-0.1, -0.05) is 0 Å². The van der Waals surface area contributed by atoms with E-state index < -0.39 is 0 Å². The topological polar surface area (TPSA) is 41.9 Å². The van der Waals surface area contributed by atoms with Crippen LogP contribution in [0.25, 0.3) is 20.4 Å². The maximum atomic E-state index is 4.48. The molecule has 4 rings (SSSR count). The average molecular weight is 256 g/mol. The van der Waals surface area contributed by atoms with Crippen LogP contribution < -0.4 is 4.90 Å². The fourth-order valence-electron chi connectivity index (χ4n) is 2.55. The van der Waals surface area contributed by atoms with E-state index in [1.54, 1.807) is 17.7 Å². The van der Waals surface area contributed by atoms with Crippen molar-refractivity contribution in [2.45, 2.75) is 12.8 Å². The molecule has 1 fully saturated rings. The number of hydrogen-bond acceptors (Lipinski definition) is 5. The second-order valence-corrected chi connectivity index (χ2v) is 5.53. The smallest absolute Gasteiger partial charge is 0.150 e. The van der Waals surface area contributed by atoms with Crippen LogP contribution in [-0.4, -0.2) is 28.0 Å². The number of thiophene rings is 1. The van der Waals surface area contributed by atoms with Crippen molar-refractivity contribution in [3.63, 3.8) is 0 Å². The fraction of sp³-hybridized carbons (Fsp3) is 0.308. The Morgan fingerprint density at radius 3 is 2.89 bits per heavy atom. The summed E-state index contributed by atoms with van der Waals surface area (Å²) in [6.07, 6.45) is 6.03. The van der Waals surface area contributed by atoms with E-state index in [1.165, 1.54) is 17.5 Å². The van der Waals surface area contributed by atoms with Crippen molar-refractivity contribution in [3.05, 3.63) is 24.7 Å². The Bertz CT molecular complexity index is 715. The van der Waals surface area contributed by atoms with Crippen molar-refractivity contribution in [2.75, 3.05) is 18.0 Å². The number of pyridine rings is 1. The highest BCUT2D eigenvalue weighted by molar-refractivity contribution is 7.25. The molecule has 0 aromatic carbocycles. The van der Waals surface area contributed by atoms with Crippen LogP contribution in [0.2, 0.25) is 0 Å². The Kier molecular flexibility index (Phi) is 2.20. The molecule has 4 nitrogen and oxygen atoms in total. The van der Waals surface area contributed by atoms with E-state index in [4.69, 9.17) is 0 Å². The number of rotatable bonds is 1. The van der Waals surface area contributed by atoms with Crippen molar-refractivity contribution < 1.29 is 0 Å². The molecule has 3 aromatic heterocycles. The molecule has 0 unspecified atom stereocenters. The molecule has 4 heterocycles. The third-order valence-electron chi connectivity index (χ3n) is 3.42. The van der Waals surface area contributed by atoms with Crippen molar-refractivity contribution in [3.8, 4) is 0 Å². The number of anilines is 1. The SMILES string of the molecule is c1cnc2sc3c(N4CCCC4)ncnc3c2c1. The van der Waals surface area contributed by atoms with E-state index in [1.807, 2.05) is 12.3 Å². The molecule has 1 aliphatic rings. The first-order chi connectivity index (χ1) is 8.93. The van der Waals surface area contributed by atoms with Gasteiger partial charge in [-0.2, -0.15) is 0 Å². The second kappa shape index (κ2) is 3.88. The standard InChI is InChI=1S/C13H12N4S/c1-2-7-17(6-1)12-11-10(15-8-16-12)9-4-3-5-14-13(9)18-11/h3-5,8H,1-2,6-7H2. The van der Waals surface area contributed by atoms with Crippen LogP contribution in [0.15, 0.2) is 24.7 Å². The van der Waals surface area contributed by atoms with E-state index in [9.17, 15) is 0 Å². The summed E-state index contributed by atoms with van der Waals surface area (Å²) < 4.78 is 1.17. The Morgan fingerprint density at radius 1 is 1.11 bits per heavy atom. The second-order valence-electron chi connectivity index (χ2n) is 4.53. The summed E-state index contributed by atoms with van der Waals surface area (Å²) in [6, 6.07) is 4.05. The molecule has 0 spiro atoms. The van der Waals surface area contributed by atoms with Gasteiger partial charge in [-0.15, -0.1) is 11.3 Å². The normalized spacial score (nSPS) is 15.9. The van der Waals surface area contributed by atoms with E-state index in [-0.39, 0.29) is 0 Å². The predicted molar refractivity (Wildman–Crippen MR) is 74.2 cm³/mol. The van der Waals surface area contributed by atoms with Gasteiger partial charge >= 0.3 is 0 Å². The van der Waals surface area contributed by atoms with Gasteiger partial charge in [-0.05, 0) is 25.0 Å². The number of fused-ring (bicyclic) bond motifs is 3. The quantitative estimate of drug-likeness (QED) is 0.671. The number of nitrogens with zero attached hydrogens (tertiary/aromatic N) is 4. The van der Waals surface area contributed by atoms with Gasteiger partial charge in [0, 0.05) is 24.7 Å². The zero-order valence-corrected chi connectivity index (χ0v) is 10.7. The Hall–Kier alpha value is -1.75. The van der Waals surface area contributed by atoms with Crippen LogP contribution in [0.5, 0.6) is 0 Å². The maximum absolute atomic E-state index is 4.48. The molecule has 0 saturated carbocycles. The minimum atomic E-state index is 1.04. The number of hydrogen-bond donors (Lipinski definition) is 0. The largest absolute Gasteiger partial charge is 0.355 e. The van der Waals surface area contributed by atoms with Gasteiger partial charge < -0.3 is 4.90 Å². The molecule has 0 N–H and O–H groups in total. The van der Waals surface area contributed by atoms with Crippen molar-refractivity contribution in [1.82, 2.24) is 15.0 Å². The molecule has 0 amide bonds. The van der Waals surface area contributed by atoms with E-state index in [0.29, 0.717) is 0 Å². The van der Waals surface area contributed by atoms with Crippen molar-refractivity contribution in [1.29, 1.82) is 0 Å². The first-order valence-corrected chi connectivity index (χ1v) is 6.98. The summed E-state index contributed by atoms with van der Waals surface area (Å²) in [6.45, 7) is 2.21. The molecule has 3 aromatic rings. The van der Waals surface area contributed by atoms with Crippen LogP contribution in [-0.2, 0) is 0 Å². The highest BCUT2D eigenvalue weighted by Crippen LogP contribution is 2.36. The summed E-state index contributed by atoms with van der Waals surface area (Å²) in [5, 5.41) is 1.14. The Labute approximate surface area is 108 Å². The zero-order valence-electron chi connectivity index (χ0n) is 9.83. The van der Waals surface area contributed by atoms with Gasteiger partial charge in [0.05, 0.1) is 10.2 Å². The molecule has 0 atom stereocenters. The van der Waals surface area contributed by atoms with Gasteiger partial charge in [-0.25, -0.2) is 15.0 Å². The van der Waals surface area contributed by atoms with E-state index in [2.05, 4.69) is 25.9 Å². The molecule has 1 aliphatic heterocycles. The van der Waals surface area contributed by atoms with E-state index >= 15 is 0 Å². The molecule has 90 valence electrons. The van der Waals surface area contributed by atoms with Gasteiger partial charge in [-0.3, -0.25) is 0 Å². The van der Waals surface area contributed by atoms with Gasteiger partial charge in [0.15, 0.2) is 0 Å². The summed E-state index contributed by atoms with van der Waals surface area (Å²) in [4.78, 5) is 16.7. The van der Waals surface area contributed by atoms with Crippen LogP contribution in [0.1, 0.15) is 12.8 Å². The molecular formula is C13H12N4S. The first kappa shape index (κ1) is 10.2. The van der Waals surface area contributed by atoms with Crippen molar-refractivity contribution >= 4 is 37.6 Å². The zero-order chi connectivity index (χ0) is 11.9. The summed E-state index contributed by atoms with van der Waals surface area (Å²) >= 11 is 1.70. The molecule has 0 aliphatic carbocycles. The molecule has 5 heteroatoms. The van der Waals surface area contributed by atoms with Crippen LogP contribution in [0.3, 0.4) is 0 Å². The molecule has 0 radical (unpaired) electrons. The summed E-state index contributed by atoms with van der Waals surface area (Å²) in [5.74, 6) is 1.08. The summed E-state index contributed by atoms with van der Waals surface area (Å²) in [5.41, 5.74) is 1.04. The van der Waals surface area contributed by atoms with Gasteiger partial charge in [0.2, 0.25) is 0 Å². The third-order valence-corrected chi connectivity index (χ3v) is 4.51. The lowest BCUT2D eigenvalue weighted by atomic mass is 10.3. The third kappa shape index (κ3) is 1.40. The molecule has 0 bridgehead atoms. The van der Waals surface area contributed by atoms with Gasteiger partial charge in [0.1, 0.15) is 17.0 Å². The monoisotopic (exact) mass is 256 g/mol. The fourth-order valence-corrected chi connectivity index (χ4v) is 3.67. The van der Waals surface area contributed by atoms with Gasteiger partial charge in [0.25, 0.3) is 0 Å². The van der Waals surface area contributed by atoms with Crippen LogP contribution >= 0.6 is 11.3 Å². The molecular weight excluding hydrogens is 244 g/mol. The highest BCUT2D eigenvalue weighted by Gasteiger charge is 2.19. The average Bonchev–Trinajstić information content (AvgIpc) is 3.05. The minimum Gasteiger partial charge on any atom is -0.355 e. The summed E-state index contributed by atoms with van der Waals surface area (Å²) in [7, 11) is 0. The first-order valence-electron chi connectivity index (χ1n) is 6.17. The minimum absolute atomic E-state index is 1.04. The molecule has 18 heavy (non-hydrogen) atoms. The van der Waals surface area contributed by atoms with Crippen molar-refractivity contribution in [2.24, 2.45) is 0 Å². The Morgan fingerprint density at radius 2 is 2.00 bits per heavy atom.